The summed E-state index contributed by atoms with van der Waals surface area (Å²) in [5.74, 6) is 1.86. The molecule has 2 unspecified atom stereocenters. The highest BCUT2D eigenvalue weighted by molar-refractivity contribution is 5.79. The van der Waals surface area contributed by atoms with Crippen LogP contribution in [-0.2, 0) is 6.42 Å². The van der Waals surface area contributed by atoms with Gasteiger partial charge in [-0.2, -0.15) is 0 Å². The molecule has 1 aliphatic rings. The van der Waals surface area contributed by atoms with E-state index in [1.54, 1.807) is 0 Å². The molecule has 2 N–H and O–H groups in total. The Morgan fingerprint density at radius 1 is 0.938 bits per heavy atom. The molecular weight excluding hydrogens is 394 g/mol. The molecule has 1 fully saturated rings. The summed E-state index contributed by atoms with van der Waals surface area (Å²) < 4.78 is 0. The minimum atomic E-state index is 0.394. The lowest BCUT2D eigenvalue weighted by Crippen LogP contribution is -2.46. The molecule has 0 bridgehead atoms. The average molecular weight is 436 g/mol. The molecule has 0 saturated carbocycles. The van der Waals surface area contributed by atoms with Crippen LogP contribution >= 0.6 is 0 Å². The van der Waals surface area contributed by atoms with Crippen LogP contribution in [0, 0.1) is 5.92 Å². The first kappa shape index (κ1) is 24.3. The minimum absolute atomic E-state index is 0.394. The molecule has 2 aromatic carbocycles. The van der Waals surface area contributed by atoms with E-state index in [0.717, 1.165) is 38.6 Å². The second kappa shape index (κ2) is 13.2. The largest absolute Gasteiger partial charge is 0.357 e. The standard InChI is InChI=1S/C27H41N5/c1-4-28-27(29-20-23(2)22-32-17-15-31(3)16-18-32)30-21-26(25-13-9-6-10-14-25)19-24-11-7-5-8-12-24/h5-14,23,26H,4,15-22H2,1-3H3,(H2,28,29,30). The van der Waals surface area contributed by atoms with Gasteiger partial charge in [0.05, 0.1) is 0 Å². The van der Waals surface area contributed by atoms with Gasteiger partial charge in [0.1, 0.15) is 0 Å². The van der Waals surface area contributed by atoms with Crippen molar-refractivity contribution in [1.82, 2.24) is 20.4 Å². The topological polar surface area (TPSA) is 42.9 Å². The second-order valence-electron chi connectivity index (χ2n) is 9.11. The number of benzene rings is 2. The van der Waals surface area contributed by atoms with E-state index in [1.165, 1.54) is 37.3 Å². The molecule has 32 heavy (non-hydrogen) atoms. The van der Waals surface area contributed by atoms with Crippen LogP contribution in [0.25, 0.3) is 0 Å². The molecule has 3 rings (SSSR count). The van der Waals surface area contributed by atoms with E-state index in [1.807, 2.05) is 0 Å². The molecule has 0 aliphatic carbocycles. The van der Waals surface area contributed by atoms with Gasteiger partial charge in [-0.3, -0.25) is 4.99 Å². The van der Waals surface area contributed by atoms with Crippen LogP contribution in [0.5, 0.6) is 0 Å². The van der Waals surface area contributed by atoms with Gasteiger partial charge in [-0.15, -0.1) is 0 Å². The number of rotatable bonds is 10. The van der Waals surface area contributed by atoms with E-state index in [2.05, 4.69) is 102 Å². The summed E-state index contributed by atoms with van der Waals surface area (Å²) >= 11 is 0. The quantitative estimate of drug-likeness (QED) is 0.443. The van der Waals surface area contributed by atoms with Crippen LogP contribution in [0.1, 0.15) is 30.9 Å². The van der Waals surface area contributed by atoms with Crippen LogP contribution in [-0.4, -0.2) is 75.2 Å². The van der Waals surface area contributed by atoms with E-state index < -0.39 is 0 Å². The Kier molecular flexibility index (Phi) is 10.0. The van der Waals surface area contributed by atoms with E-state index in [9.17, 15) is 0 Å². The first-order valence-corrected chi connectivity index (χ1v) is 12.2. The number of hydrogen-bond donors (Lipinski definition) is 2. The minimum Gasteiger partial charge on any atom is -0.357 e. The molecule has 5 nitrogen and oxygen atoms in total. The number of aliphatic imine (C=N–C) groups is 1. The van der Waals surface area contributed by atoms with Gasteiger partial charge in [0.25, 0.3) is 0 Å². The van der Waals surface area contributed by atoms with Crippen molar-refractivity contribution in [3.63, 3.8) is 0 Å². The highest BCUT2D eigenvalue weighted by Gasteiger charge is 2.16. The van der Waals surface area contributed by atoms with Crippen molar-refractivity contribution in [3.8, 4) is 0 Å². The maximum Gasteiger partial charge on any atom is 0.191 e. The zero-order valence-electron chi connectivity index (χ0n) is 20.1. The zero-order chi connectivity index (χ0) is 22.6. The highest BCUT2D eigenvalue weighted by Crippen LogP contribution is 2.20. The maximum atomic E-state index is 4.92. The number of piperazine rings is 1. The van der Waals surface area contributed by atoms with E-state index in [0.29, 0.717) is 11.8 Å². The fourth-order valence-electron chi connectivity index (χ4n) is 4.27. The Morgan fingerprint density at radius 2 is 1.59 bits per heavy atom. The van der Waals surface area contributed by atoms with Crippen LogP contribution in [0.15, 0.2) is 65.7 Å². The molecule has 1 aliphatic heterocycles. The zero-order valence-corrected chi connectivity index (χ0v) is 20.1. The Hall–Kier alpha value is -2.37. The summed E-state index contributed by atoms with van der Waals surface area (Å²) in [7, 11) is 2.21. The third-order valence-electron chi connectivity index (χ3n) is 6.18. The van der Waals surface area contributed by atoms with Crippen molar-refractivity contribution >= 4 is 5.96 Å². The van der Waals surface area contributed by atoms with E-state index in [4.69, 9.17) is 4.99 Å². The van der Waals surface area contributed by atoms with Crippen molar-refractivity contribution in [2.45, 2.75) is 26.2 Å². The van der Waals surface area contributed by atoms with Gasteiger partial charge in [-0.25, -0.2) is 0 Å². The molecule has 174 valence electrons. The molecule has 1 heterocycles. The van der Waals surface area contributed by atoms with Crippen molar-refractivity contribution in [1.29, 1.82) is 0 Å². The van der Waals surface area contributed by atoms with Crippen LogP contribution < -0.4 is 10.6 Å². The Labute approximate surface area is 194 Å². The number of hydrogen-bond acceptors (Lipinski definition) is 3. The summed E-state index contributed by atoms with van der Waals surface area (Å²) in [5, 5.41) is 7.06. The normalized spacial score (nSPS) is 17.7. The Bertz CT molecular complexity index is 784. The van der Waals surface area contributed by atoms with Gasteiger partial charge < -0.3 is 20.4 Å². The lowest BCUT2D eigenvalue weighted by Gasteiger charge is -2.33. The number of nitrogens with one attached hydrogen (secondary N) is 2. The van der Waals surface area contributed by atoms with Gasteiger partial charge in [-0.1, -0.05) is 67.6 Å². The number of guanidine groups is 1. The van der Waals surface area contributed by atoms with E-state index in [-0.39, 0.29) is 0 Å². The summed E-state index contributed by atoms with van der Waals surface area (Å²) in [6.45, 7) is 12.8. The van der Waals surface area contributed by atoms with Crippen LogP contribution in [0.4, 0.5) is 0 Å². The fourth-order valence-corrected chi connectivity index (χ4v) is 4.27. The maximum absolute atomic E-state index is 4.92. The second-order valence-corrected chi connectivity index (χ2v) is 9.11. The third-order valence-corrected chi connectivity index (χ3v) is 6.18. The molecule has 2 atom stereocenters. The lowest BCUT2D eigenvalue weighted by atomic mass is 9.92. The molecule has 2 aromatic rings. The monoisotopic (exact) mass is 435 g/mol. The van der Waals surface area contributed by atoms with Gasteiger partial charge in [0.15, 0.2) is 5.96 Å². The van der Waals surface area contributed by atoms with Crippen molar-refractivity contribution < 1.29 is 0 Å². The fraction of sp³-hybridized carbons (Fsp3) is 0.519. The van der Waals surface area contributed by atoms with Gasteiger partial charge in [0, 0.05) is 58.3 Å². The molecule has 1 saturated heterocycles. The van der Waals surface area contributed by atoms with Gasteiger partial charge in [-0.05, 0) is 37.4 Å². The number of nitrogens with zero attached hydrogens (tertiary/aromatic N) is 3. The third kappa shape index (κ3) is 8.29. The summed E-state index contributed by atoms with van der Waals surface area (Å²) in [4.78, 5) is 9.91. The molecular formula is C27H41N5. The van der Waals surface area contributed by atoms with Crippen molar-refractivity contribution in [2.75, 3.05) is 59.4 Å². The molecule has 0 aromatic heterocycles. The van der Waals surface area contributed by atoms with Crippen LogP contribution in [0.3, 0.4) is 0 Å². The highest BCUT2D eigenvalue weighted by atomic mass is 15.2. The average Bonchev–Trinajstić information content (AvgIpc) is 2.82. The first-order valence-electron chi connectivity index (χ1n) is 12.2. The SMILES string of the molecule is CCNC(=NCC(C)CN1CCN(C)CC1)NCC(Cc1ccccc1)c1ccccc1. The summed E-state index contributed by atoms with van der Waals surface area (Å²) in [6, 6.07) is 21.6. The molecule has 0 spiro atoms. The summed E-state index contributed by atoms with van der Waals surface area (Å²) in [6.07, 6.45) is 1.01. The van der Waals surface area contributed by atoms with Crippen LogP contribution in [0.2, 0.25) is 0 Å². The van der Waals surface area contributed by atoms with Gasteiger partial charge >= 0.3 is 0 Å². The Balaban J connectivity index is 1.57. The number of likely N-dealkylation sites (N-methyl/N-ethyl adjacent to an activating group) is 1. The predicted molar refractivity (Wildman–Crippen MR) is 136 cm³/mol. The summed E-state index contributed by atoms with van der Waals surface area (Å²) in [5.41, 5.74) is 2.73. The van der Waals surface area contributed by atoms with Crippen molar-refractivity contribution in [2.24, 2.45) is 10.9 Å². The van der Waals surface area contributed by atoms with Gasteiger partial charge in [0.2, 0.25) is 0 Å². The first-order chi connectivity index (χ1) is 15.6. The molecule has 0 amide bonds. The van der Waals surface area contributed by atoms with Crippen molar-refractivity contribution in [3.05, 3.63) is 71.8 Å². The predicted octanol–water partition coefficient (Wildman–Crippen LogP) is 3.45. The smallest absolute Gasteiger partial charge is 0.191 e. The van der Waals surface area contributed by atoms with E-state index >= 15 is 0 Å². The lowest BCUT2D eigenvalue weighted by molar-refractivity contribution is 0.140. The molecule has 0 radical (unpaired) electrons. The Morgan fingerprint density at radius 3 is 2.25 bits per heavy atom. The molecule has 5 heteroatoms.